The third kappa shape index (κ3) is 15.6. The Kier molecular flexibility index (Phi) is 23.6. The third-order valence-electron chi connectivity index (χ3n) is 16.9. The summed E-state index contributed by atoms with van der Waals surface area (Å²) in [7, 11) is 6.73. The first-order valence-corrected chi connectivity index (χ1v) is 28.2. The number of aromatic carboxylic acids is 1. The minimum Gasteiger partial charge on any atom is -0.477 e. The van der Waals surface area contributed by atoms with Gasteiger partial charge in [-0.15, -0.1) is 0 Å². The molecule has 0 unspecified atom stereocenters. The number of methoxy groups -OCH3 is 2. The highest BCUT2D eigenvalue weighted by Crippen LogP contribution is 2.42. The number of carbonyl (C=O) groups is 4. The fraction of sp³-hybridized carbons (Fsp3) is 0.776. The number of nitrogens with zero attached hydrogens (tertiary/aromatic N) is 2. The molecule has 0 spiro atoms. The molecular formula is C58H93N3O18. The number of Topliss-reactive ketones (excluding diaryl/α,β-unsaturated/α-hetero) is 1. The van der Waals surface area contributed by atoms with Crippen LogP contribution in [0.4, 0.5) is 0 Å². The number of likely N-dealkylation sites (N-methyl/N-ethyl adjacent to an activating group) is 1. The molecule has 3 aliphatic heterocycles. The van der Waals surface area contributed by atoms with Crippen LogP contribution in [0.1, 0.15) is 131 Å². The lowest BCUT2D eigenvalue weighted by Crippen LogP contribution is -2.61. The van der Waals surface area contributed by atoms with Crippen LogP contribution in [0.15, 0.2) is 29.2 Å². The number of hydrogen-bond donors (Lipinski definition) is 5. The number of aromatic nitrogens is 1. The molecule has 0 radical (unpaired) electrons. The van der Waals surface area contributed by atoms with E-state index in [9.17, 15) is 44.4 Å². The summed E-state index contributed by atoms with van der Waals surface area (Å²) in [5.41, 5.74) is -3.69. The number of carboxylic acids is 1. The number of aliphatic hydroxyl groups excluding tert-OH is 2. The summed E-state index contributed by atoms with van der Waals surface area (Å²) < 4.78 is 58.8. The van der Waals surface area contributed by atoms with Gasteiger partial charge in [0.1, 0.15) is 34.8 Å². The number of aliphatic hydroxyl groups is 3. The second kappa shape index (κ2) is 28.3. The summed E-state index contributed by atoms with van der Waals surface area (Å²) >= 11 is 0. The van der Waals surface area contributed by atoms with Crippen LogP contribution in [0.2, 0.25) is 0 Å². The average molecular weight is 1120 g/mol. The smallest absolute Gasteiger partial charge is 0.341 e. The van der Waals surface area contributed by atoms with Crippen molar-refractivity contribution in [1.82, 2.24) is 14.8 Å². The molecule has 0 amide bonds. The molecule has 0 bridgehead atoms. The molecule has 18 atom stereocenters. The molecule has 5 N–H and O–H groups in total. The average Bonchev–Trinajstić information content (AvgIpc) is 3.46. The lowest BCUT2D eigenvalue weighted by molar-refractivity contribution is -0.320. The van der Waals surface area contributed by atoms with Gasteiger partial charge >= 0.3 is 17.9 Å². The summed E-state index contributed by atoms with van der Waals surface area (Å²) in [6, 6.07) is 5.19. The van der Waals surface area contributed by atoms with Crippen LogP contribution in [0, 0.1) is 23.7 Å². The Hall–Kier alpha value is -3.97. The second-order valence-corrected chi connectivity index (χ2v) is 23.1. The fourth-order valence-electron chi connectivity index (χ4n) is 11.9. The Morgan fingerprint density at radius 2 is 1.56 bits per heavy atom. The van der Waals surface area contributed by atoms with Gasteiger partial charge in [-0.05, 0) is 112 Å². The van der Waals surface area contributed by atoms with Crippen LogP contribution < -0.4 is 10.7 Å². The van der Waals surface area contributed by atoms with Crippen molar-refractivity contribution in [1.29, 1.82) is 0 Å². The van der Waals surface area contributed by atoms with Gasteiger partial charge in [0, 0.05) is 82.3 Å². The van der Waals surface area contributed by atoms with Crippen molar-refractivity contribution in [2.24, 2.45) is 23.7 Å². The topological polar surface area (TPSA) is 270 Å². The quantitative estimate of drug-likeness (QED) is 0.0841. The maximum Gasteiger partial charge on any atom is 0.341 e. The maximum absolute atomic E-state index is 14.6. The molecule has 3 aliphatic rings. The molecule has 0 aliphatic carbocycles. The predicted octanol–water partition coefficient (Wildman–Crippen LogP) is 4.65. The standard InChI is InChI=1S/C58H93N3O18/c1-16-43-58(11,70)50(66)34(5)46(63)32(3)29-56(9,71-14)51(79-55-48(65)42(60(12)13)27-33(4)74-55)35(6)49(36(7)54(69)76-43)78-45-30-57(10,72-15)52(37(8)75-45)77-44(62)22-23-59-24-26-73-25-18-19-38-20-21-41-39(28-38)47(64)40(53(67)68)31-61(41)17-2/h20-21,28,31-37,42-43,45,48-52,55,59,65-66,70H,16-19,22-27,29-30H2,1-15H3,(H,67,68)/t32-,33-,34+,35+,36-,37+,42+,43-,45+,48-,49+,50-,51-,52+,55+,56-,57-,58-/m1/s1. The first kappa shape index (κ1) is 65.8. The number of ketones is 1. The molecule has 1 aromatic carbocycles. The first-order valence-electron chi connectivity index (χ1n) is 28.2. The van der Waals surface area contributed by atoms with Gasteiger partial charge in [0.15, 0.2) is 18.7 Å². The molecule has 5 rings (SSSR count). The van der Waals surface area contributed by atoms with Crippen molar-refractivity contribution in [2.45, 2.75) is 212 Å². The predicted molar refractivity (Wildman–Crippen MR) is 292 cm³/mol. The van der Waals surface area contributed by atoms with E-state index in [1.54, 1.807) is 52.2 Å². The summed E-state index contributed by atoms with van der Waals surface area (Å²) in [4.78, 5) is 68.7. The normalized spacial score (nSPS) is 36.2. The van der Waals surface area contributed by atoms with E-state index in [-0.39, 0.29) is 49.2 Å². The number of esters is 2. The summed E-state index contributed by atoms with van der Waals surface area (Å²) in [6.45, 7) is 21.0. The molecular weight excluding hydrogens is 1030 g/mol. The van der Waals surface area contributed by atoms with Crippen LogP contribution in [0.5, 0.6) is 0 Å². The van der Waals surface area contributed by atoms with Crippen LogP contribution in [0.25, 0.3) is 10.9 Å². The van der Waals surface area contributed by atoms with E-state index in [4.69, 9.17) is 42.6 Å². The highest BCUT2D eigenvalue weighted by molar-refractivity contribution is 5.92. The van der Waals surface area contributed by atoms with Crippen molar-refractivity contribution < 1.29 is 82.2 Å². The largest absolute Gasteiger partial charge is 0.477 e. The SMILES string of the molecule is CC[C@H]1OC(=O)[C@H](C)[C@@H](O[C@H]2C[C@@](C)(OC)[C@@H](OC(=O)CCNCCOCCCc3ccc4c(c3)c(=O)c(C(=O)O)cn4CC)[C@H](C)O2)[C@H](C)[C@@H](O[C@@H]2O[C@H](C)C[C@H](N(C)C)[C@H]2O)[C@](C)(OC)C[C@@H](C)C(=O)[C@H](C)[C@@H](O)[C@]1(C)O. The highest BCUT2D eigenvalue weighted by Gasteiger charge is 2.55. The molecule has 4 heterocycles. The minimum atomic E-state index is -2.03. The molecule has 3 saturated heterocycles. The molecule has 21 nitrogen and oxygen atoms in total. The van der Waals surface area contributed by atoms with Crippen LogP contribution in [-0.2, 0) is 70.0 Å². The van der Waals surface area contributed by atoms with Gasteiger partial charge < -0.3 is 77.8 Å². The van der Waals surface area contributed by atoms with Gasteiger partial charge in [-0.3, -0.25) is 19.2 Å². The minimum absolute atomic E-state index is 0.0341. The summed E-state index contributed by atoms with van der Waals surface area (Å²) in [5, 5.41) is 48.4. The molecule has 1 aromatic heterocycles. The number of carbonyl (C=O) groups excluding carboxylic acids is 3. The van der Waals surface area contributed by atoms with E-state index in [0.717, 1.165) is 5.56 Å². The Morgan fingerprint density at radius 3 is 2.18 bits per heavy atom. The van der Waals surface area contributed by atoms with Gasteiger partial charge in [-0.2, -0.15) is 0 Å². The van der Waals surface area contributed by atoms with Gasteiger partial charge in [0.05, 0.1) is 60.6 Å². The molecule has 0 saturated carbocycles. The van der Waals surface area contributed by atoms with E-state index >= 15 is 0 Å². The Bertz CT molecular complexity index is 2420. The number of cyclic esters (lactones) is 1. The highest BCUT2D eigenvalue weighted by atomic mass is 16.7. The van der Waals surface area contributed by atoms with Gasteiger partial charge in [-0.1, -0.05) is 33.8 Å². The van der Waals surface area contributed by atoms with Crippen LogP contribution >= 0.6 is 0 Å². The van der Waals surface area contributed by atoms with E-state index in [2.05, 4.69) is 5.32 Å². The second-order valence-electron chi connectivity index (χ2n) is 23.1. The fourth-order valence-corrected chi connectivity index (χ4v) is 11.9. The van der Waals surface area contributed by atoms with Crippen LogP contribution in [-0.4, -0.2) is 192 Å². The number of carboxylic acid groups (broad SMARTS) is 1. The maximum atomic E-state index is 14.6. The molecule has 2 aromatic rings. The van der Waals surface area contributed by atoms with E-state index in [0.29, 0.717) is 63.0 Å². The molecule has 21 heteroatoms. The first-order chi connectivity index (χ1) is 37.1. The Labute approximate surface area is 466 Å². The number of aryl methyl sites for hydroxylation is 2. The van der Waals surface area contributed by atoms with Crippen molar-refractivity contribution in [2.75, 3.05) is 54.6 Å². The number of pyridine rings is 1. The zero-order valence-corrected chi connectivity index (χ0v) is 49.4. The van der Waals surface area contributed by atoms with E-state index in [1.807, 2.05) is 51.9 Å². The number of ether oxygens (including phenoxy) is 9. The lowest BCUT2D eigenvalue weighted by atomic mass is 9.74. The van der Waals surface area contributed by atoms with Gasteiger partial charge in [0.2, 0.25) is 5.43 Å². The number of fused-ring (bicyclic) bond motifs is 1. The summed E-state index contributed by atoms with van der Waals surface area (Å²) in [6.07, 6.45) is -6.84. The molecule has 448 valence electrons. The van der Waals surface area contributed by atoms with Crippen molar-refractivity contribution in [3.8, 4) is 0 Å². The Balaban J connectivity index is 1.27. The van der Waals surface area contributed by atoms with E-state index in [1.165, 1.54) is 34.3 Å². The summed E-state index contributed by atoms with van der Waals surface area (Å²) in [5.74, 6) is -6.57. The number of nitrogens with one attached hydrogen (secondary N) is 1. The lowest BCUT2D eigenvalue weighted by Gasteiger charge is -2.50. The number of rotatable bonds is 21. The zero-order valence-electron chi connectivity index (χ0n) is 49.4. The third-order valence-corrected chi connectivity index (χ3v) is 16.9. The Morgan fingerprint density at radius 1 is 0.886 bits per heavy atom. The van der Waals surface area contributed by atoms with Crippen molar-refractivity contribution in [3.63, 3.8) is 0 Å². The van der Waals surface area contributed by atoms with Crippen molar-refractivity contribution in [3.05, 3.63) is 45.7 Å². The van der Waals surface area contributed by atoms with E-state index < -0.39 is 119 Å². The van der Waals surface area contributed by atoms with Crippen molar-refractivity contribution >= 4 is 34.6 Å². The van der Waals surface area contributed by atoms with Gasteiger partial charge in [-0.25, -0.2) is 4.79 Å². The monoisotopic (exact) mass is 1120 g/mol. The number of hydrogen-bond acceptors (Lipinski definition) is 19. The van der Waals surface area contributed by atoms with Gasteiger partial charge in [0.25, 0.3) is 0 Å². The van der Waals surface area contributed by atoms with Crippen LogP contribution in [0.3, 0.4) is 0 Å². The zero-order chi connectivity index (χ0) is 58.9. The molecule has 79 heavy (non-hydrogen) atoms. The molecule has 3 fully saturated rings. The number of benzene rings is 1.